The molecule has 0 aliphatic heterocycles. The lowest BCUT2D eigenvalue weighted by molar-refractivity contribution is 0.481. The first-order valence-corrected chi connectivity index (χ1v) is 11.4. The smallest absolute Gasteiger partial charge is 0.228 e. The molecule has 0 unspecified atom stereocenters. The number of pyridine rings is 1. The molecule has 0 radical (unpaired) electrons. The zero-order chi connectivity index (χ0) is 23.4. The van der Waals surface area contributed by atoms with Gasteiger partial charge in [0, 0.05) is 40.0 Å². The highest BCUT2D eigenvalue weighted by Crippen LogP contribution is 2.35. The molecule has 0 amide bonds. The summed E-state index contributed by atoms with van der Waals surface area (Å²) in [5, 5.41) is 19.4. The van der Waals surface area contributed by atoms with Gasteiger partial charge in [-0.05, 0) is 48.9 Å². The molecule has 8 nitrogen and oxygen atoms in total. The summed E-state index contributed by atoms with van der Waals surface area (Å²) in [6, 6.07) is 7.02. The Labute approximate surface area is 194 Å². The average molecular weight is 458 g/mol. The number of nitrogens with zero attached hydrogens (tertiary/aromatic N) is 5. The van der Waals surface area contributed by atoms with E-state index in [-0.39, 0.29) is 17.7 Å². The first-order valence-electron chi connectivity index (χ1n) is 11.4. The molecule has 34 heavy (non-hydrogen) atoms. The molecule has 0 saturated carbocycles. The molecule has 3 N–H and O–H groups in total. The van der Waals surface area contributed by atoms with Crippen LogP contribution in [0.15, 0.2) is 42.9 Å². The van der Waals surface area contributed by atoms with Crippen molar-refractivity contribution in [2.45, 2.75) is 45.1 Å². The number of phenolic OH excluding ortho intramolecular Hbond substituents is 1. The van der Waals surface area contributed by atoms with E-state index in [1.807, 2.05) is 18.3 Å². The van der Waals surface area contributed by atoms with Gasteiger partial charge in [-0.25, -0.2) is 9.37 Å². The first kappa shape index (κ1) is 20.6. The fraction of sp³-hybridized carbons (Fsp3) is 0.280. The maximum absolute atomic E-state index is 13.9. The Morgan fingerprint density at radius 2 is 2.09 bits per heavy atom. The number of aromatic hydroxyl groups is 1. The van der Waals surface area contributed by atoms with Gasteiger partial charge in [0.05, 0.1) is 12.4 Å². The summed E-state index contributed by atoms with van der Waals surface area (Å²) in [7, 11) is 0. The third-order valence-corrected chi connectivity index (χ3v) is 6.50. The van der Waals surface area contributed by atoms with Crippen molar-refractivity contribution in [1.82, 2.24) is 29.5 Å². The first-order chi connectivity index (χ1) is 16.5. The van der Waals surface area contributed by atoms with Crippen molar-refractivity contribution in [3.05, 3.63) is 65.5 Å². The van der Waals surface area contributed by atoms with E-state index in [2.05, 4.69) is 34.2 Å². The number of aromatic amines is 1. The standard InChI is InChI=1S/C25H24FN7O/c1-13(2)18-12-28-33-24(18)31-23(14-8-15(26)11-27-10-14)32-25(33)29-16-6-7-19-17(9-16)22-20(30-19)4-3-5-21(22)34/h3-5,8,10-13,16,30,34H,6-7,9H2,1-2H3,(H,29,31,32)/t16-/m0/s1. The molecule has 0 saturated heterocycles. The van der Waals surface area contributed by atoms with E-state index in [0.717, 1.165) is 53.2 Å². The van der Waals surface area contributed by atoms with Gasteiger partial charge in [-0.3, -0.25) is 4.98 Å². The van der Waals surface area contributed by atoms with Crippen LogP contribution in [0.5, 0.6) is 5.75 Å². The fourth-order valence-electron chi connectivity index (χ4n) is 4.82. The number of aromatic nitrogens is 6. The second kappa shape index (κ2) is 7.79. The highest BCUT2D eigenvalue weighted by molar-refractivity contribution is 5.90. The molecule has 172 valence electrons. The largest absolute Gasteiger partial charge is 0.507 e. The van der Waals surface area contributed by atoms with Crippen LogP contribution in [-0.2, 0) is 12.8 Å². The number of aryl methyl sites for hydroxylation is 1. The van der Waals surface area contributed by atoms with Gasteiger partial charge < -0.3 is 15.4 Å². The van der Waals surface area contributed by atoms with Crippen LogP contribution in [0.3, 0.4) is 0 Å². The van der Waals surface area contributed by atoms with Gasteiger partial charge >= 0.3 is 0 Å². The van der Waals surface area contributed by atoms with E-state index in [0.29, 0.717) is 23.0 Å². The predicted octanol–water partition coefficient (Wildman–Crippen LogP) is 4.61. The summed E-state index contributed by atoms with van der Waals surface area (Å²) >= 11 is 0. The Balaban J connectivity index is 1.42. The predicted molar refractivity (Wildman–Crippen MR) is 127 cm³/mol. The molecular formula is C25H24FN7O. The lowest BCUT2D eigenvalue weighted by Crippen LogP contribution is -2.29. The van der Waals surface area contributed by atoms with Crippen LogP contribution in [-0.4, -0.2) is 40.7 Å². The molecule has 1 aromatic carbocycles. The molecule has 4 aromatic heterocycles. The SMILES string of the molecule is CC(C)c1cnn2c(N[C@H]3CCc4[nH]c5cccc(O)c5c4C3)nc(-c3cncc(F)c3)nc12. The topological polar surface area (TPSA) is 104 Å². The van der Waals surface area contributed by atoms with E-state index in [9.17, 15) is 9.50 Å². The van der Waals surface area contributed by atoms with Crippen molar-refractivity contribution in [2.75, 3.05) is 5.32 Å². The molecule has 1 atom stereocenters. The normalized spacial score (nSPS) is 15.8. The lowest BCUT2D eigenvalue weighted by atomic mass is 9.91. The Morgan fingerprint density at radius 1 is 1.21 bits per heavy atom. The zero-order valence-electron chi connectivity index (χ0n) is 18.9. The van der Waals surface area contributed by atoms with Crippen molar-refractivity contribution >= 4 is 22.5 Å². The second-order valence-electron chi connectivity index (χ2n) is 9.12. The van der Waals surface area contributed by atoms with Gasteiger partial charge in [-0.15, -0.1) is 0 Å². The van der Waals surface area contributed by atoms with Crippen molar-refractivity contribution in [3.63, 3.8) is 0 Å². The van der Waals surface area contributed by atoms with Crippen molar-refractivity contribution in [2.24, 2.45) is 0 Å². The van der Waals surface area contributed by atoms with Crippen molar-refractivity contribution in [1.29, 1.82) is 0 Å². The highest BCUT2D eigenvalue weighted by Gasteiger charge is 2.26. The van der Waals surface area contributed by atoms with Crippen molar-refractivity contribution < 1.29 is 9.50 Å². The number of anilines is 1. The molecule has 1 aliphatic rings. The monoisotopic (exact) mass is 457 g/mol. The molecule has 1 aliphatic carbocycles. The number of hydrogen-bond acceptors (Lipinski definition) is 6. The summed E-state index contributed by atoms with van der Waals surface area (Å²) in [5.41, 5.74) is 5.42. The van der Waals surface area contributed by atoms with Gasteiger partial charge in [0.1, 0.15) is 11.6 Å². The van der Waals surface area contributed by atoms with Crippen LogP contribution in [0.1, 0.15) is 43.0 Å². The Bertz CT molecular complexity index is 1540. The van der Waals surface area contributed by atoms with Crippen LogP contribution < -0.4 is 5.32 Å². The van der Waals surface area contributed by atoms with Gasteiger partial charge in [-0.1, -0.05) is 19.9 Å². The minimum atomic E-state index is -0.438. The second-order valence-corrected chi connectivity index (χ2v) is 9.12. The highest BCUT2D eigenvalue weighted by atomic mass is 19.1. The van der Waals surface area contributed by atoms with Crippen LogP contribution in [0, 0.1) is 5.82 Å². The summed E-state index contributed by atoms with van der Waals surface area (Å²) in [6.07, 6.45) is 7.01. The summed E-state index contributed by atoms with van der Waals surface area (Å²) in [6.45, 7) is 4.17. The van der Waals surface area contributed by atoms with Crippen LogP contribution in [0.4, 0.5) is 10.3 Å². The number of fused-ring (bicyclic) bond motifs is 4. The maximum Gasteiger partial charge on any atom is 0.228 e. The molecule has 0 spiro atoms. The molecule has 9 heteroatoms. The van der Waals surface area contributed by atoms with Crippen LogP contribution in [0.2, 0.25) is 0 Å². The van der Waals surface area contributed by atoms with Gasteiger partial charge in [0.2, 0.25) is 5.95 Å². The third kappa shape index (κ3) is 3.35. The van der Waals surface area contributed by atoms with E-state index in [1.54, 1.807) is 16.8 Å². The number of hydrogen-bond donors (Lipinski definition) is 3. The van der Waals surface area contributed by atoms with Gasteiger partial charge in [0.15, 0.2) is 11.5 Å². The Morgan fingerprint density at radius 3 is 2.91 bits per heavy atom. The summed E-state index contributed by atoms with van der Waals surface area (Å²) < 4.78 is 15.6. The van der Waals surface area contributed by atoms with Crippen LogP contribution in [0.25, 0.3) is 27.9 Å². The zero-order valence-corrected chi connectivity index (χ0v) is 18.9. The summed E-state index contributed by atoms with van der Waals surface area (Å²) in [5.74, 6) is 1.01. The molecule has 5 aromatic rings. The molecule has 0 fully saturated rings. The fourth-order valence-corrected chi connectivity index (χ4v) is 4.82. The van der Waals surface area contributed by atoms with Crippen LogP contribution >= 0.6 is 0 Å². The molecule has 0 bridgehead atoms. The van der Waals surface area contributed by atoms with Crippen molar-refractivity contribution in [3.8, 4) is 17.1 Å². The number of nitrogens with one attached hydrogen (secondary N) is 2. The van der Waals surface area contributed by atoms with Gasteiger partial charge in [0.25, 0.3) is 0 Å². The third-order valence-electron chi connectivity index (χ3n) is 6.50. The molecule has 4 heterocycles. The number of benzene rings is 1. The maximum atomic E-state index is 13.9. The Hall–Kier alpha value is -4.01. The summed E-state index contributed by atoms with van der Waals surface area (Å²) in [4.78, 5) is 16.8. The number of rotatable bonds is 4. The number of halogens is 1. The van der Waals surface area contributed by atoms with Gasteiger partial charge in [-0.2, -0.15) is 14.6 Å². The average Bonchev–Trinajstić information content (AvgIpc) is 3.41. The van der Waals surface area contributed by atoms with E-state index < -0.39 is 5.82 Å². The molecule has 6 rings (SSSR count). The minimum absolute atomic E-state index is 0.0781. The van der Waals surface area contributed by atoms with E-state index >= 15 is 0 Å². The van der Waals surface area contributed by atoms with E-state index in [4.69, 9.17) is 9.97 Å². The molecular weight excluding hydrogens is 433 g/mol. The Kier molecular flexibility index (Phi) is 4.72. The van der Waals surface area contributed by atoms with E-state index in [1.165, 1.54) is 6.07 Å². The number of H-pyrrole nitrogens is 1. The minimum Gasteiger partial charge on any atom is -0.507 e. The lowest BCUT2D eigenvalue weighted by Gasteiger charge is -2.24. The number of phenols is 1. The quantitative estimate of drug-likeness (QED) is 0.364.